The Morgan fingerprint density at radius 1 is 1.27 bits per heavy atom. The van der Waals surface area contributed by atoms with E-state index in [4.69, 9.17) is 9.47 Å². The van der Waals surface area contributed by atoms with Crippen molar-refractivity contribution in [1.82, 2.24) is 0 Å². The van der Waals surface area contributed by atoms with Crippen LogP contribution in [0.15, 0.2) is 24.3 Å². The highest BCUT2D eigenvalue weighted by Crippen LogP contribution is 2.39. The Balaban J connectivity index is 2.36. The van der Waals surface area contributed by atoms with Crippen molar-refractivity contribution in [2.45, 2.75) is 25.6 Å². The van der Waals surface area contributed by atoms with E-state index in [0.717, 1.165) is 18.4 Å². The van der Waals surface area contributed by atoms with E-state index in [1.807, 2.05) is 12.1 Å². The number of hydrogen-bond acceptors (Lipinski definition) is 3. The van der Waals surface area contributed by atoms with Gasteiger partial charge in [-0.05, 0) is 12.1 Å². The van der Waals surface area contributed by atoms with E-state index in [0.29, 0.717) is 13.2 Å². The van der Waals surface area contributed by atoms with Crippen LogP contribution in [0.5, 0.6) is 5.75 Å². The molecule has 0 aliphatic carbocycles. The van der Waals surface area contributed by atoms with Gasteiger partial charge >= 0.3 is 0 Å². The monoisotopic (exact) mass is 208 g/mol. The third kappa shape index (κ3) is 1.85. The maximum absolute atomic E-state index is 9.80. The summed E-state index contributed by atoms with van der Waals surface area (Å²) in [7, 11) is 0. The van der Waals surface area contributed by atoms with E-state index in [1.54, 1.807) is 12.1 Å². The molecule has 1 aliphatic rings. The van der Waals surface area contributed by atoms with Crippen LogP contribution in [-0.4, -0.2) is 18.3 Å². The molecule has 82 valence electrons. The van der Waals surface area contributed by atoms with Crippen molar-refractivity contribution < 1.29 is 14.6 Å². The first-order valence-electron chi connectivity index (χ1n) is 5.35. The Morgan fingerprint density at radius 3 is 2.53 bits per heavy atom. The van der Waals surface area contributed by atoms with Gasteiger partial charge in [-0.2, -0.15) is 0 Å². The van der Waals surface area contributed by atoms with Gasteiger partial charge in [0.15, 0.2) is 5.79 Å². The Bertz CT molecular complexity index is 329. The molecule has 1 aromatic carbocycles. The largest absolute Gasteiger partial charge is 0.507 e. The van der Waals surface area contributed by atoms with Crippen molar-refractivity contribution in [3.63, 3.8) is 0 Å². The molecule has 1 fully saturated rings. The smallest absolute Gasteiger partial charge is 0.198 e. The van der Waals surface area contributed by atoms with Crippen molar-refractivity contribution >= 4 is 0 Å². The molecule has 0 amide bonds. The van der Waals surface area contributed by atoms with Crippen LogP contribution in [-0.2, 0) is 15.3 Å². The lowest BCUT2D eigenvalue weighted by Gasteiger charge is -2.27. The fraction of sp³-hybridized carbons (Fsp3) is 0.500. The first-order chi connectivity index (χ1) is 7.28. The number of rotatable bonds is 3. The van der Waals surface area contributed by atoms with E-state index in [2.05, 4.69) is 6.92 Å². The highest BCUT2D eigenvalue weighted by atomic mass is 16.7. The van der Waals surface area contributed by atoms with Crippen LogP contribution in [0.2, 0.25) is 0 Å². The van der Waals surface area contributed by atoms with E-state index in [9.17, 15) is 5.11 Å². The molecule has 0 bridgehead atoms. The molecule has 0 aromatic heterocycles. The number of phenolic OH excluding ortho intramolecular Hbond substituents is 1. The number of aromatic hydroxyl groups is 1. The van der Waals surface area contributed by atoms with E-state index in [1.165, 1.54) is 0 Å². The number of para-hydroxylation sites is 1. The van der Waals surface area contributed by atoms with Gasteiger partial charge in [-0.15, -0.1) is 0 Å². The third-order valence-electron chi connectivity index (χ3n) is 2.65. The quantitative estimate of drug-likeness (QED) is 0.828. The fourth-order valence-electron chi connectivity index (χ4n) is 2.01. The fourth-order valence-corrected chi connectivity index (χ4v) is 2.01. The molecule has 3 nitrogen and oxygen atoms in total. The van der Waals surface area contributed by atoms with Gasteiger partial charge in [0.2, 0.25) is 0 Å². The standard InChI is InChI=1S/C12H16O3/c1-2-7-12(14-8-9-15-12)10-5-3-4-6-11(10)13/h3-6,13H,2,7-9H2,1H3. The van der Waals surface area contributed by atoms with Crippen molar-refractivity contribution in [2.75, 3.05) is 13.2 Å². The Labute approximate surface area is 89.6 Å². The first-order valence-corrected chi connectivity index (χ1v) is 5.35. The molecule has 1 aromatic rings. The van der Waals surface area contributed by atoms with Gasteiger partial charge < -0.3 is 14.6 Å². The molecule has 3 heteroatoms. The molecular formula is C12H16O3. The summed E-state index contributed by atoms with van der Waals surface area (Å²) in [6.07, 6.45) is 1.72. The van der Waals surface area contributed by atoms with Gasteiger partial charge in [-0.1, -0.05) is 25.5 Å². The van der Waals surface area contributed by atoms with Gasteiger partial charge in [0.1, 0.15) is 5.75 Å². The summed E-state index contributed by atoms with van der Waals surface area (Å²) in [6, 6.07) is 7.21. The van der Waals surface area contributed by atoms with Crippen molar-refractivity contribution in [3.8, 4) is 5.75 Å². The topological polar surface area (TPSA) is 38.7 Å². The van der Waals surface area contributed by atoms with Crippen LogP contribution < -0.4 is 0 Å². The Kier molecular flexibility index (Phi) is 2.93. The van der Waals surface area contributed by atoms with Gasteiger partial charge in [-0.3, -0.25) is 0 Å². The minimum Gasteiger partial charge on any atom is -0.507 e. The minimum absolute atomic E-state index is 0.243. The predicted octanol–water partition coefficient (Wildman–Crippen LogP) is 2.39. The molecule has 0 unspecified atom stereocenters. The van der Waals surface area contributed by atoms with Gasteiger partial charge in [0.25, 0.3) is 0 Å². The summed E-state index contributed by atoms with van der Waals surface area (Å²) in [5.41, 5.74) is 0.740. The SMILES string of the molecule is CCCC1(c2ccccc2O)OCCO1. The van der Waals surface area contributed by atoms with Gasteiger partial charge in [0, 0.05) is 6.42 Å². The number of ether oxygens (including phenoxy) is 2. The second-order valence-electron chi connectivity index (χ2n) is 3.72. The molecule has 0 atom stereocenters. The maximum Gasteiger partial charge on any atom is 0.198 e. The summed E-state index contributed by atoms with van der Waals surface area (Å²) in [5, 5.41) is 9.80. The summed E-state index contributed by atoms with van der Waals surface area (Å²) in [6.45, 7) is 3.26. The average molecular weight is 208 g/mol. The van der Waals surface area contributed by atoms with Crippen molar-refractivity contribution in [1.29, 1.82) is 0 Å². The molecule has 1 N–H and O–H groups in total. The lowest BCUT2D eigenvalue weighted by molar-refractivity contribution is -0.171. The lowest BCUT2D eigenvalue weighted by atomic mass is 10.00. The van der Waals surface area contributed by atoms with Crippen LogP contribution in [0.25, 0.3) is 0 Å². The van der Waals surface area contributed by atoms with Gasteiger partial charge in [-0.25, -0.2) is 0 Å². The maximum atomic E-state index is 9.80. The highest BCUT2D eigenvalue weighted by molar-refractivity contribution is 5.35. The normalized spacial score (nSPS) is 19.3. The second kappa shape index (κ2) is 4.21. The summed E-state index contributed by atoms with van der Waals surface area (Å²) >= 11 is 0. The number of hydrogen-bond donors (Lipinski definition) is 1. The number of phenols is 1. The van der Waals surface area contributed by atoms with Crippen molar-refractivity contribution in [3.05, 3.63) is 29.8 Å². The second-order valence-corrected chi connectivity index (χ2v) is 3.72. The van der Waals surface area contributed by atoms with E-state index in [-0.39, 0.29) is 5.75 Å². The van der Waals surface area contributed by atoms with Crippen LogP contribution in [0.3, 0.4) is 0 Å². The molecule has 1 aliphatic heterocycles. The zero-order valence-electron chi connectivity index (χ0n) is 8.90. The molecule has 0 saturated carbocycles. The first kappa shape index (κ1) is 10.5. The molecule has 0 radical (unpaired) electrons. The van der Waals surface area contributed by atoms with E-state index >= 15 is 0 Å². The summed E-state index contributed by atoms with van der Waals surface area (Å²) in [4.78, 5) is 0. The molecule has 15 heavy (non-hydrogen) atoms. The predicted molar refractivity (Wildman–Crippen MR) is 56.6 cm³/mol. The third-order valence-corrected chi connectivity index (χ3v) is 2.65. The summed E-state index contributed by atoms with van der Waals surface area (Å²) < 4.78 is 11.3. The lowest BCUT2D eigenvalue weighted by Crippen LogP contribution is -2.26. The Hall–Kier alpha value is -1.06. The van der Waals surface area contributed by atoms with Crippen LogP contribution in [0, 0.1) is 0 Å². The minimum atomic E-state index is -0.722. The molecular weight excluding hydrogens is 192 g/mol. The average Bonchev–Trinajstić information content (AvgIpc) is 2.69. The van der Waals surface area contributed by atoms with Crippen LogP contribution in [0.1, 0.15) is 25.3 Å². The summed E-state index contributed by atoms with van der Waals surface area (Å²) in [5.74, 6) is -0.479. The zero-order valence-corrected chi connectivity index (χ0v) is 8.90. The van der Waals surface area contributed by atoms with E-state index < -0.39 is 5.79 Å². The molecule has 1 saturated heterocycles. The molecule has 2 rings (SSSR count). The Morgan fingerprint density at radius 2 is 1.93 bits per heavy atom. The number of benzene rings is 1. The highest BCUT2D eigenvalue weighted by Gasteiger charge is 2.39. The zero-order chi connectivity index (χ0) is 10.7. The molecule has 1 heterocycles. The molecule has 0 spiro atoms. The van der Waals surface area contributed by atoms with Gasteiger partial charge in [0.05, 0.1) is 18.8 Å². The van der Waals surface area contributed by atoms with Crippen LogP contribution >= 0.6 is 0 Å². The van der Waals surface area contributed by atoms with Crippen molar-refractivity contribution in [2.24, 2.45) is 0 Å². The van der Waals surface area contributed by atoms with Crippen LogP contribution in [0.4, 0.5) is 0 Å².